The van der Waals surface area contributed by atoms with E-state index in [9.17, 15) is 0 Å². The van der Waals surface area contributed by atoms with Crippen molar-refractivity contribution in [3.63, 3.8) is 0 Å². The van der Waals surface area contributed by atoms with Gasteiger partial charge in [0.05, 0.1) is 0 Å². The lowest BCUT2D eigenvalue weighted by molar-refractivity contribution is 0.655. The number of hydrogen-bond acceptors (Lipinski definition) is 1. The Hall–Kier alpha value is -0.740. The van der Waals surface area contributed by atoms with Crippen molar-refractivity contribution < 1.29 is 0 Å². The molecular formula is C10H17N. The zero-order valence-electron chi connectivity index (χ0n) is 7.32. The second kappa shape index (κ2) is 7.37. The zero-order chi connectivity index (χ0) is 8.53. The van der Waals surface area contributed by atoms with E-state index >= 15 is 0 Å². The van der Waals surface area contributed by atoms with Crippen LogP contribution in [0.15, 0.2) is 12.2 Å². The van der Waals surface area contributed by atoms with Crippen LogP contribution in [0.25, 0.3) is 0 Å². The minimum absolute atomic E-state index is 0.875. The summed E-state index contributed by atoms with van der Waals surface area (Å²) in [6.45, 7) is 7.91. The Kier molecular flexibility index (Phi) is 6.87. The molecule has 0 saturated heterocycles. The normalized spacial score (nSPS) is 9.09. The molecule has 0 fully saturated rings. The van der Waals surface area contributed by atoms with Crippen LogP contribution >= 0.6 is 0 Å². The first-order valence-electron chi connectivity index (χ1n) is 4.06. The van der Waals surface area contributed by atoms with Crippen molar-refractivity contribution in [2.75, 3.05) is 13.1 Å². The highest BCUT2D eigenvalue weighted by Gasteiger charge is 1.87. The van der Waals surface area contributed by atoms with Gasteiger partial charge in [-0.1, -0.05) is 5.57 Å². The van der Waals surface area contributed by atoms with Crippen LogP contribution in [0, 0.1) is 12.3 Å². The molecule has 0 aromatic rings. The summed E-state index contributed by atoms with van der Waals surface area (Å²) in [4.78, 5) is 0. The second-order valence-corrected chi connectivity index (χ2v) is 2.76. The van der Waals surface area contributed by atoms with Gasteiger partial charge in [0, 0.05) is 6.42 Å². The van der Waals surface area contributed by atoms with Gasteiger partial charge in [0.15, 0.2) is 0 Å². The van der Waals surface area contributed by atoms with Crippen LogP contribution in [0.3, 0.4) is 0 Å². The Morgan fingerprint density at radius 3 is 2.82 bits per heavy atom. The minimum atomic E-state index is 0.875. The molecule has 1 N–H and O–H groups in total. The molecule has 0 saturated carbocycles. The van der Waals surface area contributed by atoms with Gasteiger partial charge < -0.3 is 5.32 Å². The van der Waals surface area contributed by atoms with E-state index in [1.807, 2.05) is 6.92 Å². The van der Waals surface area contributed by atoms with Crippen molar-refractivity contribution in [3.8, 4) is 12.3 Å². The lowest BCUT2D eigenvalue weighted by Gasteiger charge is -2.01. The Morgan fingerprint density at radius 1 is 1.55 bits per heavy atom. The van der Waals surface area contributed by atoms with E-state index in [1.165, 1.54) is 5.57 Å². The predicted octanol–water partition coefficient (Wildman–Crippen LogP) is 1.96. The van der Waals surface area contributed by atoms with Gasteiger partial charge in [-0.15, -0.1) is 18.9 Å². The molecule has 11 heavy (non-hydrogen) atoms. The fourth-order valence-corrected chi connectivity index (χ4v) is 0.742. The molecular weight excluding hydrogens is 134 g/mol. The Bertz CT molecular complexity index is 141. The number of hydrogen-bond donors (Lipinski definition) is 1. The lowest BCUT2D eigenvalue weighted by Crippen LogP contribution is -2.16. The zero-order valence-corrected chi connectivity index (χ0v) is 7.32. The summed E-state index contributed by atoms with van der Waals surface area (Å²) in [5, 5.41) is 3.30. The van der Waals surface area contributed by atoms with Gasteiger partial charge in [0.2, 0.25) is 0 Å². The van der Waals surface area contributed by atoms with Crippen LogP contribution in [-0.4, -0.2) is 13.1 Å². The first-order chi connectivity index (χ1) is 5.27. The van der Waals surface area contributed by atoms with Crippen LogP contribution in [0.2, 0.25) is 0 Å². The molecule has 62 valence electrons. The summed E-state index contributed by atoms with van der Waals surface area (Å²) in [7, 11) is 0. The average Bonchev–Trinajstić information content (AvgIpc) is 1.96. The number of nitrogens with one attached hydrogen (secondary N) is 1. The molecule has 0 aromatic carbocycles. The third-order valence-corrected chi connectivity index (χ3v) is 1.40. The highest BCUT2D eigenvalue weighted by Crippen LogP contribution is 1.92. The van der Waals surface area contributed by atoms with Crippen molar-refractivity contribution in [2.45, 2.75) is 26.2 Å². The number of rotatable bonds is 6. The summed E-state index contributed by atoms with van der Waals surface area (Å²) in [5.41, 5.74) is 1.23. The van der Waals surface area contributed by atoms with E-state index < -0.39 is 0 Å². The van der Waals surface area contributed by atoms with Crippen LogP contribution in [-0.2, 0) is 0 Å². The Morgan fingerprint density at radius 2 is 2.27 bits per heavy atom. The average molecular weight is 151 g/mol. The Labute approximate surface area is 69.9 Å². The second-order valence-electron chi connectivity index (χ2n) is 2.76. The molecule has 0 aliphatic heterocycles. The SMILES string of the molecule is C#CCCCNCCC(=C)C. The van der Waals surface area contributed by atoms with E-state index in [2.05, 4.69) is 17.8 Å². The maximum absolute atomic E-state index is 5.10. The minimum Gasteiger partial charge on any atom is -0.316 e. The van der Waals surface area contributed by atoms with Crippen molar-refractivity contribution >= 4 is 0 Å². The summed E-state index contributed by atoms with van der Waals surface area (Å²) in [5.74, 6) is 2.61. The Balaban J connectivity index is 2.92. The first-order valence-corrected chi connectivity index (χ1v) is 4.06. The first kappa shape index (κ1) is 10.3. The molecule has 0 unspecified atom stereocenters. The summed E-state index contributed by atoms with van der Waals surface area (Å²) in [6, 6.07) is 0. The third kappa shape index (κ3) is 9.26. The molecule has 0 aromatic heterocycles. The smallest absolute Gasteiger partial charge is 0.00981 e. The molecule has 1 heteroatoms. The molecule has 0 rings (SSSR count). The lowest BCUT2D eigenvalue weighted by atomic mass is 10.2. The van der Waals surface area contributed by atoms with Crippen LogP contribution in [0.4, 0.5) is 0 Å². The van der Waals surface area contributed by atoms with E-state index in [4.69, 9.17) is 6.42 Å². The highest BCUT2D eigenvalue weighted by atomic mass is 14.8. The highest BCUT2D eigenvalue weighted by molar-refractivity contribution is 4.88. The monoisotopic (exact) mass is 151 g/mol. The molecule has 0 radical (unpaired) electrons. The molecule has 0 aliphatic rings. The van der Waals surface area contributed by atoms with Gasteiger partial charge in [0.25, 0.3) is 0 Å². The topological polar surface area (TPSA) is 12.0 Å². The van der Waals surface area contributed by atoms with E-state index in [-0.39, 0.29) is 0 Å². The number of terminal acetylenes is 1. The van der Waals surface area contributed by atoms with Crippen molar-refractivity contribution in [2.24, 2.45) is 0 Å². The van der Waals surface area contributed by atoms with Crippen LogP contribution < -0.4 is 5.32 Å². The summed E-state index contributed by atoms with van der Waals surface area (Å²) in [6.07, 6.45) is 8.12. The van der Waals surface area contributed by atoms with Crippen molar-refractivity contribution in [1.82, 2.24) is 5.32 Å². The molecule has 0 bridgehead atoms. The molecule has 0 amide bonds. The van der Waals surface area contributed by atoms with Gasteiger partial charge in [0.1, 0.15) is 0 Å². The van der Waals surface area contributed by atoms with Crippen LogP contribution in [0.1, 0.15) is 26.2 Å². The quantitative estimate of drug-likeness (QED) is 0.347. The van der Waals surface area contributed by atoms with Crippen molar-refractivity contribution in [1.29, 1.82) is 0 Å². The molecule has 1 nitrogen and oxygen atoms in total. The fraction of sp³-hybridized carbons (Fsp3) is 0.600. The third-order valence-electron chi connectivity index (χ3n) is 1.40. The van der Waals surface area contributed by atoms with Gasteiger partial charge in [-0.05, 0) is 32.9 Å². The number of unbranched alkanes of at least 4 members (excludes halogenated alkanes) is 1. The standard InChI is InChI=1S/C10H17N/c1-4-5-6-8-11-9-7-10(2)3/h1,11H,2,5-9H2,3H3. The van der Waals surface area contributed by atoms with Gasteiger partial charge in [-0.2, -0.15) is 0 Å². The maximum Gasteiger partial charge on any atom is 0.00981 e. The van der Waals surface area contributed by atoms with Crippen LogP contribution in [0.5, 0.6) is 0 Å². The van der Waals surface area contributed by atoms with E-state index in [1.54, 1.807) is 0 Å². The van der Waals surface area contributed by atoms with E-state index in [0.717, 1.165) is 32.4 Å². The molecule has 0 spiro atoms. The summed E-state index contributed by atoms with van der Waals surface area (Å²) < 4.78 is 0. The maximum atomic E-state index is 5.10. The molecule has 0 atom stereocenters. The summed E-state index contributed by atoms with van der Waals surface area (Å²) >= 11 is 0. The molecule has 0 heterocycles. The fourth-order valence-electron chi connectivity index (χ4n) is 0.742. The largest absolute Gasteiger partial charge is 0.316 e. The van der Waals surface area contributed by atoms with Gasteiger partial charge in [-0.3, -0.25) is 0 Å². The van der Waals surface area contributed by atoms with E-state index in [0.29, 0.717) is 0 Å². The molecule has 0 aliphatic carbocycles. The van der Waals surface area contributed by atoms with Gasteiger partial charge in [-0.25, -0.2) is 0 Å². The predicted molar refractivity (Wildman–Crippen MR) is 50.4 cm³/mol. The van der Waals surface area contributed by atoms with Gasteiger partial charge >= 0.3 is 0 Å². The van der Waals surface area contributed by atoms with Crippen molar-refractivity contribution in [3.05, 3.63) is 12.2 Å².